The fraction of sp³-hybridized carbons (Fsp3) is 0.0667. The monoisotopic (exact) mass is 303 g/mol. The number of esters is 1. The van der Waals surface area contributed by atoms with E-state index < -0.39 is 5.97 Å². The topological polar surface area (TPSA) is 52.3 Å². The van der Waals surface area contributed by atoms with Crippen molar-refractivity contribution in [2.24, 2.45) is 0 Å². The van der Waals surface area contributed by atoms with E-state index in [0.717, 1.165) is 11.8 Å². The summed E-state index contributed by atoms with van der Waals surface area (Å²) < 4.78 is 23.5. The second-order valence-electron chi connectivity index (χ2n) is 4.15. The summed E-state index contributed by atoms with van der Waals surface area (Å²) in [5.74, 6) is -0.723. The van der Waals surface area contributed by atoms with Crippen LogP contribution in [0.25, 0.3) is 11.1 Å². The van der Waals surface area contributed by atoms with Crippen molar-refractivity contribution in [1.29, 1.82) is 0 Å². The van der Waals surface area contributed by atoms with Gasteiger partial charge in [-0.2, -0.15) is 0 Å². The Morgan fingerprint density at radius 3 is 2.86 bits per heavy atom. The van der Waals surface area contributed by atoms with Gasteiger partial charge in [0.1, 0.15) is 17.3 Å². The molecule has 0 atom stereocenters. The molecule has 106 valence electrons. The summed E-state index contributed by atoms with van der Waals surface area (Å²) in [6.45, 7) is 0. The highest BCUT2D eigenvalue weighted by Gasteiger charge is 2.10. The lowest BCUT2D eigenvalue weighted by atomic mass is 10.2. The second kappa shape index (κ2) is 5.97. The Kier molecular flexibility index (Phi) is 3.87. The Bertz CT molecular complexity index is 773. The van der Waals surface area contributed by atoms with Crippen LogP contribution in [0.3, 0.4) is 0 Å². The van der Waals surface area contributed by atoms with Crippen molar-refractivity contribution in [3.8, 4) is 0 Å². The number of halogens is 1. The van der Waals surface area contributed by atoms with E-state index in [9.17, 15) is 9.18 Å². The minimum atomic E-state index is -0.412. The fourth-order valence-electron chi connectivity index (χ4n) is 1.73. The predicted molar refractivity (Wildman–Crippen MR) is 76.5 cm³/mol. The van der Waals surface area contributed by atoms with Gasteiger partial charge in [-0.1, -0.05) is 18.2 Å². The second-order valence-corrected chi connectivity index (χ2v) is 5.03. The number of carbonyl (C=O) groups excluding carboxylic acids is 1. The molecule has 3 aromatic rings. The molecular formula is C15H10FNO3S. The van der Waals surface area contributed by atoms with E-state index in [0.29, 0.717) is 21.9 Å². The largest absolute Gasteiger partial charge is 0.450 e. The molecule has 0 bridgehead atoms. The van der Waals surface area contributed by atoms with E-state index in [1.165, 1.54) is 18.2 Å². The number of hydrogen-bond acceptors (Lipinski definition) is 5. The van der Waals surface area contributed by atoms with E-state index in [1.54, 1.807) is 24.3 Å². The van der Waals surface area contributed by atoms with Gasteiger partial charge in [-0.25, -0.2) is 14.2 Å². The quantitative estimate of drug-likeness (QED) is 0.416. The molecule has 0 radical (unpaired) electrons. The highest BCUT2D eigenvalue weighted by atomic mass is 32.2. The smallest absolute Gasteiger partial charge is 0.338 e. The zero-order valence-corrected chi connectivity index (χ0v) is 11.6. The van der Waals surface area contributed by atoms with Crippen molar-refractivity contribution in [3.63, 3.8) is 0 Å². The molecule has 0 saturated carbocycles. The first-order valence-electron chi connectivity index (χ1n) is 6.13. The first-order chi connectivity index (χ1) is 10.2. The third-order valence-electron chi connectivity index (χ3n) is 2.71. The Hall–Kier alpha value is -2.34. The Morgan fingerprint density at radius 2 is 2.05 bits per heavy atom. The summed E-state index contributed by atoms with van der Waals surface area (Å²) in [4.78, 5) is 15.9. The van der Waals surface area contributed by atoms with Gasteiger partial charge in [0.25, 0.3) is 5.22 Å². The van der Waals surface area contributed by atoms with Crippen molar-refractivity contribution in [1.82, 2.24) is 4.98 Å². The van der Waals surface area contributed by atoms with Gasteiger partial charge >= 0.3 is 5.97 Å². The molecule has 0 spiro atoms. The number of nitrogens with zero attached hydrogens (tertiary/aromatic N) is 1. The van der Waals surface area contributed by atoms with Gasteiger partial charge in [0, 0.05) is 6.07 Å². The third-order valence-corrected chi connectivity index (χ3v) is 3.37. The van der Waals surface area contributed by atoms with Crippen LogP contribution in [0.5, 0.6) is 0 Å². The highest BCUT2D eigenvalue weighted by molar-refractivity contribution is 7.98. The molecule has 21 heavy (non-hydrogen) atoms. The molecule has 0 aliphatic heterocycles. The molecule has 0 aliphatic rings. The summed E-state index contributed by atoms with van der Waals surface area (Å²) in [5.41, 5.74) is 1.41. The van der Waals surface area contributed by atoms with Gasteiger partial charge in [0.15, 0.2) is 5.58 Å². The van der Waals surface area contributed by atoms with Crippen LogP contribution < -0.4 is 0 Å². The van der Waals surface area contributed by atoms with Gasteiger partial charge in [-0.3, -0.25) is 0 Å². The van der Waals surface area contributed by atoms with Crippen LogP contribution in [0.2, 0.25) is 0 Å². The third kappa shape index (κ3) is 3.22. The summed E-state index contributed by atoms with van der Waals surface area (Å²) in [5, 5.41) is 0.330. The molecule has 0 amide bonds. The summed E-state index contributed by atoms with van der Waals surface area (Å²) >= 11 is 1.13. The van der Waals surface area contributed by atoms with Crippen LogP contribution in [0.1, 0.15) is 10.4 Å². The standard InChI is InChI=1S/C15H10FNO3S/c16-11-6-7-12-13(8-11)20-15(17-12)21-9-19-14(18)10-4-2-1-3-5-10/h1-8H,9H2. The molecule has 0 saturated heterocycles. The van der Waals surface area contributed by atoms with Crippen molar-refractivity contribution >= 4 is 28.8 Å². The predicted octanol–water partition coefficient (Wildman–Crippen LogP) is 3.87. The highest BCUT2D eigenvalue weighted by Crippen LogP contribution is 2.24. The van der Waals surface area contributed by atoms with Crippen LogP contribution in [0.15, 0.2) is 58.2 Å². The first-order valence-corrected chi connectivity index (χ1v) is 7.12. The number of benzene rings is 2. The summed E-state index contributed by atoms with van der Waals surface area (Å²) in [6, 6.07) is 12.8. The maximum Gasteiger partial charge on any atom is 0.338 e. The lowest BCUT2D eigenvalue weighted by Crippen LogP contribution is -2.04. The Labute approximate surface area is 123 Å². The van der Waals surface area contributed by atoms with Gasteiger partial charge in [-0.15, -0.1) is 0 Å². The number of thioether (sulfide) groups is 1. The SMILES string of the molecule is O=C(OCSc1nc2ccc(F)cc2o1)c1ccccc1. The van der Waals surface area contributed by atoms with Crippen molar-refractivity contribution in [2.75, 3.05) is 5.94 Å². The molecule has 4 nitrogen and oxygen atoms in total. The summed E-state index contributed by atoms with van der Waals surface area (Å²) in [6.07, 6.45) is 0. The molecule has 1 aromatic heterocycles. The number of rotatable bonds is 4. The lowest BCUT2D eigenvalue weighted by molar-refractivity contribution is 0.0579. The molecule has 0 N–H and O–H groups in total. The average Bonchev–Trinajstić information content (AvgIpc) is 2.89. The number of aromatic nitrogens is 1. The van der Waals surface area contributed by atoms with Gasteiger partial charge in [-0.05, 0) is 36.0 Å². The van der Waals surface area contributed by atoms with E-state index in [4.69, 9.17) is 9.15 Å². The molecule has 0 unspecified atom stereocenters. The summed E-state index contributed by atoms with van der Waals surface area (Å²) in [7, 11) is 0. The normalized spacial score (nSPS) is 10.7. The number of carbonyl (C=O) groups is 1. The number of fused-ring (bicyclic) bond motifs is 1. The molecule has 2 aromatic carbocycles. The van der Waals surface area contributed by atoms with Crippen molar-refractivity contribution in [3.05, 3.63) is 59.9 Å². The van der Waals surface area contributed by atoms with E-state index in [1.807, 2.05) is 6.07 Å². The lowest BCUT2D eigenvalue weighted by Gasteiger charge is -2.02. The molecular weight excluding hydrogens is 293 g/mol. The fourth-order valence-corrected chi connectivity index (χ4v) is 2.31. The van der Waals surface area contributed by atoms with Gasteiger partial charge in [0.05, 0.1) is 5.56 Å². The van der Waals surface area contributed by atoms with Crippen LogP contribution in [0, 0.1) is 5.82 Å². The van der Waals surface area contributed by atoms with E-state index in [-0.39, 0.29) is 11.8 Å². The zero-order valence-electron chi connectivity index (χ0n) is 10.8. The van der Waals surface area contributed by atoms with Crippen LogP contribution in [0.4, 0.5) is 4.39 Å². The molecule has 1 heterocycles. The Balaban J connectivity index is 1.60. The van der Waals surface area contributed by atoms with Crippen LogP contribution in [-0.4, -0.2) is 16.9 Å². The molecule has 0 aliphatic carbocycles. The van der Waals surface area contributed by atoms with Crippen molar-refractivity contribution in [2.45, 2.75) is 5.22 Å². The van der Waals surface area contributed by atoms with E-state index >= 15 is 0 Å². The molecule has 3 rings (SSSR count). The minimum Gasteiger partial charge on any atom is -0.450 e. The van der Waals surface area contributed by atoms with E-state index in [2.05, 4.69) is 4.98 Å². The maximum atomic E-state index is 13.0. The van der Waals surface area contributed by atoms with Crippen molar-refractivity contribution < 1.29 is 18.3 Å². The van der Waals surface area contributed by atoms with Gasteiger partial charge < -0.3 is 9.15 Å². The average molecular weight is 303 g/mol. The number of hydrogen-bond donors (Lipinski definition) is 0. The van der Waals surface area contributed by atoms with Gasteiger partial charge in [0.2, 0.25) is 0 Å². The molecule has 0 fully saturated rings. The minimum absolute atomic E-state index is 0.0725. The molecule has 6 heteroatoms. The van der Waals surface area contributed by atoms with Crippen LogP contribution in [-0.2, 0) is 4.74 Å². The van der Waals surface area contributed by atoms with Crippen LogP contribution >= 0.6 is 11.8 Å². The number of oxazole rings is 1. The Morgan fingerprint density at radius 1 is 1.24 bits per heavy atom. The number of ether oxygens (including phenoxy) is 1. The first kappa shape index (κ1) is 13.6. The zero-order chi connectivity index (χ0) is 14.7. The maximum absolute atomic E-state index is 13.0.